The first-order valence-corrected chi connectivity index (χ1v) is 5.38. The summed E-state index contributed by atoms with van der Waals surface area (Å²) in [4.78, 5) is 12.7. The molecule has 0 saturated heterocycles. The van der Waals surface area contributed by atoms with Crippen LogP contribution in [0.4, 0.5) is 11.4 Å². The largest absolute Gasteiger partial charge is 0.478 e. The lowest BCUT2D eigenvalue weighted by Gasteiger charge is -2.19. The van der Waals surface area contributed by atoms with Gasteiger partial charge < -0.3 is 5.11 Å². The van der Waals surface area contributed by atoms with Crippen molar-refractivity contribution >= 4 is 17.3 Å². The van der Waals surface area contributed by atoms with Crippen LogP contribution >= 0.6 is 0 Å². The van der Waals surface area contributed by atoms with Gasteiger partial charge in [-0.1, -0.05) is 36.8 Å². The molecule has 0 amide bonds. The minimum Gasteiger partial charge on any atom is -0.478 e. The lowest BCUT2D eigenvalue weighted by Crippen LogP contribution is -2.13. The summed E-state index contributed by atoms with van der Waals surface area (Å²) in [7, 11) is 0. The van der Waals surface area contributed by atoms with Crippen molar-refractivity contribution in [2.24, 2.45) is 0 Å². The normalized spacial score (nSPS) is 9.50. The standard InChI is InChI=1S/C15H11NO2/c1-2-16(12-8-4-3-5-9-12)14-11-7-6-10-13(14)15(17)18/h1,3-11H,(H,17,18). The van der Waals surface area contributed by atoms with Crippen LogP contribution in [0.1, 0.15) is 10.4 Å². The molecule has 0 aliphatic heterocycles. The molecule has 0 fully saturated rings. The number of para-hydroxylation sites is 2. The van der Waals surface area contributed by atoms with Gasteiger partial charge in [0, 0.05) is 6.04 Å². The minimum absolute atomic E-state index is 0.180. The molecule has 0 spiro atoms. The van der Waals surface area contributed by atoms with Gasteiger partial charge in [0.05, 0.1) is 16.9 Å². The molecular formula is C15H11NO2. The summed E-state index contributed by atoms with van der Waals surface area (Å²) in [6.45, 7) is 0. The van der Waals surface area contributed by atoms with E-state index in [0.29, 0.717) is 5.69 Å². The number of carboxylic acids is 1. The topological polar surface area (TPSA) is 40.5 Å². The smallest absolute Gasteiger partial charge is 0.337 e. The maximum absolute atomic E-state index is 11.2. The molecule has 1 N–H and O–H groups in total. The molecule has 0 aromatic heterocycles. The third-order valence-corrected chi connectivity index (χ3v) is 2.52. The summed E-state index contributed by atoms with van der Waals surface area (Å²) >= 11 is 0. The Morgan fingerprint density at radius 2 is 1.67 bits per heavy atom. The second kappa shape index (κ2) is 5.07. The molecule has 3 heteroatoms. The molecule has 0 radical (unpaired) electrons. The van der Waals surface area contributed by atoms with Crippen molar-refractivity contribution in [2.45, 2.75) is 0 Å². The molecule has 2 aromatic carbocycles. The summed E-state index contributed by atoms with van der Waals surface area (Å²) in [6, 6.07) is 18.4. The van der Waals surface area contributed by atoms with Gasteiger partial charge in [-0.15, -0.1) is 0 Å². The van der Waals surface area contributed by atoms with Gasteiger partial charge >= 0.3 is 5.97 Å². The zero-order valence-electron chi connectivity index (χ0n) is 9.58. The summed E-state index contributed by atoms with van der Waals surface area (Å²) < 4.78 is 0. The molecule has 88 valence electrons. The Morgan fingerprint density at radius 1 is 1.06 bits per heavy atom. The van der Waals surface area contributed by atoms with Gasteiger partial charge in [-0.25, -0.2) is 4.79 Å². The first-order chi connectivity index (χ1) is 8.74. The van der Waals surface area contributed by atoms with E-state index in [1.54, 1.807) is 18.2 Å². The number of terminal acetylenes is 1. The van der Waals surface area contributed by atoms with Crippen LogP contribution in [-0.4, -0.2) is 11.1 Å². The van der Waals surface area contributed by atoms with Gasteiger partial charge in [0.25, 0.3) is 0 Å². The molecule has 0 heterocycles. The van der Waals surface area contributed by atoms with Crippen molar-refractivity contribution in [2.75, 3.05) is 4.90 Å². The van der Waals surface area contributed by atoms with E-state index in [4.69, 9.17) is 11.5 Å². The highest BCUT2D eigenvalue weighted by atomic mass is 16.4. The van der Waals surface area contributed by atoms with Gasteiger partial charge in [-0.3, -0.25) is 4.90 Å². The van der Waals surface area contributed by atoms with Gasteiger partial charge in [0.15, 0.2) is 0 Å². The Hall–Kier alpha value is -2.73. The maximum atomic E-state index is 11.2. The Labute approximate surface area is 105 Å². The number of hydrogen-bond acceptors (Lipinski definition) is 2. The van der Waals surface area contributed by atoms with E-state index in [1.807, 2.05) is 30.3 Å². The maximum Gasteiger partial charge on any atom is 0.337 e. The number of carbonyl (C=O) groups is 1. The van der Waals surface area contributed by atoms with Crippen LogP contribution in [0, 0.1) is 12.5 Å². The number of carboxylic acid groups (broad SMARTS) is 1. The summed E-state index contributed by atoms with van der Waals surface area (Å²) in [6.07, 6.45) is 5.49. The predicted octanol–water partition coefficient (Wildman–Crippen LogP) is 3.11. The van der Waals surface area contributed by atoms with E-state index in [0.717, 1.165) is 5.69 Å². The van der Waals surface area contributed by atoms with E-state index in [2.05, 4.69) is 6.04 Å². The molecule has 0 unspecified atom stereocenters. The first-order valence-electron chi connectivity index (χ1n) is 5.38. The zero-order chi connectivity index (χ0) is 13.0. The van der Waals surface area contributed by atoms with Crippen LogP contribution < -0.4 is 4.90 Å². The number of anilines is 2. The van der Waals surface area contributed by atoms with Crippen molar-refractivity contribution in [3.63, 3.8) is 0 Å². The van der Waals surface area contributed by atoms with E-state index in [9.17, 15) is 4.79 Å². The fourth-order valence-electron chi connectivity index (χ4n) is 1.71. The monoisotopic (exact) mass is 237 g/mol. The fraction of sp³-hybridized carbons (Fsp3) is 0. The van der Waals surface area contributed by atoms with Gasteiger partial charge in [-0.2, -0.15) is 0 Å². The molecule has 0 aliphatic rings. The Balaban J connectivity index is 2.54. The van der Waals surface area contributed by atoms with Crippen molar-refractivity contribution in [1.29, 1.82) is 0 Å². The van der Waals surface area contributed by atoms with Crippen molar-refractivity contribution in [3.05, 3.63) is 60.2 Å². The first kappa shape index (κ1) is 11.7. The molecular weight excluding hydrogens is 226 g/mol. The Morgan fingerprint density at radius 3 is 2.28 bits per heavy atom. The summed E-state index contributed by atoms with van der Waals surface area (Å²) in [5.74, 6) is -0.998. The number of benzene rings is 2. The lowest BCUT2D eigenvalue weighted by atomic mass is 10.1. The van der Waals surface area contributed by atoms with Crippen molar-refractivity contribution in [3.8, 4) is 12.5 Å². The zero-order valence-corrected chi connectivity index (χ0v) is 9.58. The number of aromatic carboxylic acids is 1. The van der Waals surface area contributed by atoms with Crippen LogP contribution in [0.25, 0.3) is 0 Å². The molecule has 0 atom stereocenters. The molecule has 0 aliphatic carbocycles. The van der Waals surface area contributed by atoms with E-state index in [1.165, 1.54) is 11.0 Å². The highest BCUT2D eigenvalue weighted by molar-refractivity contribution is 5.96. The molecule has 18 heavy (non-hydrogen) atoms. The third-order valence-electron chi connectivity index (χ3n) is 2.52. The third kappa shape index (κ3) is 2.18. The van der Waals surface area contributed by atoms with Gasteiger partial charge in [0.2, 0.25) is 0 Å². The van der Waals surface area contributed by atoms with Crippen LogP contribution in [0.5, 0.6) is 0 Å². The molecule has 0 bridgehead atoms. The quantitative estimate of drug-likeness (QED) is 0.658. The van der Waals surface area contributed by atoms with E-state index >= 15 is 0 Å². The van der Waals surface area contributed by atoms with Gasteiger partial charge in [-0.05, 0) is 24.3 Å². The number of hydrogen-bond donors (Lipinski definition) is 1. The molecule has 2 rings (SSSR count). The van der Waals surface area contributed by atoms with Crippen LogP contribution in [-0.2, 0) is 0 Å². The van der Waals surface area contributed by atoms with Crippen molar-refractivity contribution < 1.29 is 9.90 Å². The van der Waals surface area contributed by atoms with Crippen LogP contribution in [0.15, 0.2) is 54.6 Å². The summed E-state index contributed by atoms with van der Waals surface area (Å²) in [5, 5.41) is 9.16. The summed E-state index contributed by atoms with van der Waals surface area (Å²) in [5.41, 5.74) is 1.42. The molecule has 2 aromatic rings. The average Bonchev–Trinajstić information content (AvgIpc) is 2.41. The van der Waals surface area contributed by atoms with Crippen molar-refractivity contribution in [1.82, 2.24) is 0 Å². The molecule has 3 nitrogen and oxygen atoms in total. The van der Waals surface area contributed by atoms with Crippen LogP contribution in [0.2, 0.25) is 0 Å². The highest BCUT2D eigenvalue weighted by Gasteiger charge is 2.15. The SMILES string of the molecule is C#CN(c1ccccc1)c1ccccc1C(=O)O. The second-order valence-corrected chi connectivity index (χ2v) is 3.62. The van der Waals surface area contributed by atoms with E-state index in [-0.39, 0.29) is 5.56 Å². The average molecular weight is 237 g/mol. The van der Waals surface area contributed by atoms with Crippen LogP contribution in [0.3, 0.4) is 0 Å². The lowest BCUT2D eigenvalue weighted by molar-refractivity contribution is 0.0698. The molecule has 0 saturated carbocycles. The number of nitrogens with zero attached hydrogens (tertiary/aromatic N) is 1. The Kier molecular flexibility index (Phi) is 3.31. The Bertz CT molecular complexity index is 599. The number of rotatable bonds is 3. The predicted molar refractivity (Wildman–Crippen MR) is 70.8 cm³/mol. The fourth-order valence-corrected chi connectivity index (χ4v) is 1.71. The minimum atomic E-state index is -0.998. The van der Waals surface area contributed by atoms with Gasteiger partial charge in [0.1, 0.15) is 0 Å². The van der Waals surface area contributed by atoms with E-state index < -0.39 is 5.97 Å². The second-order valence-electron chi connectivity index (χ2n) is 3.62. The highest BCUT2D eigenvalue weighted by Crippen LogP contribution is 2.27.